The van der Waals surface area contributed by atoms with Crippen LogP contribution in [0.15, 0.2) is 0 Å². The highest BCUT2D eigenvalue weighted by molar-refractivity contribution is 7.85. The summed E-state index contributed by atoms with van der Waals surface area (Å²) in [7, 11) is -3.74. The predicted octanol–water partition coefficient (Wildman–Crippen LogP) is 2.48. The van der Waals surface area contributed by atoms with Gasteiger partial charge in [0.2, 0.25) is 0 Å². The van der Waals surface area contributed by atoms with Crippen LogP contribution in [0.25, 0.3) is 0 Å². The molecule has 3 nitrogen and oxygen atoms in total. The monoisotopic (exact) mass is 208 g/mol. The van der Waals surface area contributed by atoms with Gasteiger partial charge >= 0.3 is 0 Å². The van der Waals surface area contributed by atoms with Gasteiger partial charge in [0, 0.05) is 0 Å². The van der Waals surface area contributed by atoms with Crippen LogP contribution in [0.5, 0.6) is 0 Å². The number of hydrogen-bond donors (Lipinski definition) is 1. The van der Waals surface area contributed by atoms with E-state index in [0.29, 0.717) is 11.8 Å². The van der Waals surface area contributed by atoms with Crippen LogP contribution in [-0.2, 0) is 10.1 Å². The Kier molecular flexibility index (Phi) is 4.92. The van der Waals surface area contributed by atoms with E-state index in [9.17, 15) is 8.42 Å². The Morgan fingerprint density at radius 3 is 2.00 bits per heavy atom. The molecule has 4 heteroatoms. The standard InChI is InChI=1S/C9H20O3S/c1-9(2,3)7-5-4-6-8-13(10,11)12/h4-8H2,1-3H3,(H,10,11,12). The van der Waals surface area contributed by atoms with Gasteiger partial charge < -0.3 is 0 Å². The van der Waals surface area contributed by atoms with E-state index in [1.807, 2.05) is 0 Å². The fraction of sp³-hybridized carbons (Fsp3) is 1.00. The Labute approximate surface area is 81.3 Å². The normalized spacial score (nSPS) is 13.2. The van der Waals surface area contributed by atoms with Crippen LogP contribution in [0.4, 0.5) is 0 Å². The van der Waals surface area contributed by atoms with Gasteiger partial charge in [-0.15, -0.1) is 0 Å². The molecule has 0 aliphatic rings. The van der Waals surface area contributed by atoms with Gasteiger partial charge in [-0.3, -0.25) is 4.55 Å². The van der Waals surface area contributed by atoms with Crippen LogP contribution in [0.3, 0.4) is 0 Å². The summed E-state index contributed by atoms with van der Waals surface area (Å²) in [4.78, 5) is 0. The third-order valence-electron chi connectivity index (χ3n) is 1.83. The summed E-state index contributed by atoms with van der Waals surface area (Å²) in [6.45, 7) is 6.49. The van der Waals surface area contributed by atoms with E-state index >= 15 is 0 Å². The van der Waals surface area contributed by atoms with Gasteiger partial charge in [-0.2, -0.15) is 8.42 Å². The molecular weight excluding hydrogens is 188 g/mol. The fourth-order valence-corrected chi connectivity index (χ4v) is 1.69. The molecule has 0 saturated carbocycles. The van der Waals surface area contributed by atoms with Crippen LogP contribution < -0.4 is 0 Å². The van der Waals surface area contributed by atoms with E-state index in [1.165, 1.54) is 0 Å². The minimum absolute atomic E-state index is 0.100. The van der Waals surface area contributed by atoms with E-state index < -0.39 is 10.1 Å². The lowest BCUT2D eigenvalue weighted by atomic mass is 9.90. The van der Waals surface area contributed by atoms with Gasteiger partial charge in [-0.25, -0.2) is 0 Å². The lowest BCUT2D eigenvalue weighted by molar-refractivity contribution is 0.359. The van der Waals surface area contributed by atoms with Crippen molar-refractivity contribution >= 4 is 10.1 Å². The topological polar surface area (TPSA) is 54.4 Å². The van der Waals surface area contributed by atoms with Crippen LogP contribution >= 0.6 is 0 Å². The van der Waals surface area contributed by atoms with Crippen molar-refractivity contribution in [2.24, 2.45) is 5.41 Å². The molecule has 0 rings (SSSR count). The zero-order valence-corrected chi connectivity index (χ0v) is 9.52. The molecule has 0 aromatic rings. The fourth-order valence-electron chi connectivity index (χ4n) is 1.12. The van der Waals surface area contributed by atoms with Crippen molar-refractivity contribution in [3.8, 4) is 0 Å². The lowest BCUT2D eigenvalue weighted by Gasteiger charge is -2.17. The average molecular weight is 208 g/mol. The molecule has 0 spiro atoms. The Morgan fingerprint density at radius 2 is 1.62 bits per heavy atom. The van der Waals surface area contributed by atoms with Gasteiger partial charge in [0.15, 0.2) is 0 Å². The quantitative estimate of drug-likeness (QED) is 0.558. The molecule has 0 aromatic heterocycles. The highest BCUT2D eigenvalue weighted by Gasteiger charge is 2.09. The Morgan fingerprint density at radius 1 is 1.08 bits per heavy atom. The highest BCUT2D eigenvalue weighted by Crippen LogP contribution is 2.21. The Hall–Kier alpha value is -0.0900. The second kappa shape index (κ2) is 4.96. The first kappa shape index (κ1) is 12.9. The summed E-state index contributed by atoms with van der Waals surface area (Å²) in [6, 6.07) is 0. The smallest absolute Gasteiger partial charge is 0.264 e. The molecule has 0 saturated heterocycles. The van der Waals surface area contributed by atoms with E-state index in [-0.39, 0.29) is 5.75 Å². The molecule has 0 atom stereocenters. The number of hydrogen-bond acceptors (Lipinski definition) is 2. The van der Waals surface area contributed by atoms with Crippen LogP contribution in [0.2, 0.25) is 0 Å². The van der Waals surface area contributed by atoms with Gasteiger partial charge in [0.05, 0.1) is 5.75 Å². The predicted molar refractivity (Wildman–Crippen MR) is 54.3 cm³/mol. The van der Waals surface area contributed by atoms with Gasteiger partial charge in [0.1, 0.15) is 0 Å². The minimum Gasteiger partial charge on any atom is -0.286 e. The molecule has 0 radical (unpaired) electrons. The molecule has 0 fully saturated rings. The average Bonchev–Trinajstić information content (AvgIpc) is 1.81. The van der Waals surface area contributed by atoms with E-state index in [2.05, 4.69) is 20.8 Å². The summed E-state index contributed by atoms with van der Waals surface area (Å²) in [5.41, 5.74) is 0.318. The van der Waals surface area contributed by atoms with Crippen molar-refractivity contribution in [3.05, 3.63) is 0 Å². The van der Waals surface area contributed by atoms with E-state index in [4.69, 9.17) is 4.55 Å². The second-order valence-electron chi connectivity index (χ2n) is 4.66. The van der Waals surface area contributed by atoms with Gasteiger partial charge in [0.25, 0.3) is 10.1 Å². The maximum atomic E-state index is 10.3. The molecule has 0 aromatic carbocycles. The van der Waals surface area contributed by atoms with Crippen LogP contribution in [-0.4, -0.2) is 18.7 Å². The molecule has 80 valence electrons. The number of rotatable bonds is 5. The first-order valence-electron chi connectivity index (χ1n) is 4.66. The van der Waals surface area contributed by atoms with Crippen molar-refractivity contribution in [1.82, 2.24) is 0 Å². The minimum atomic E-state index is -3.74. The Bertz CT molecular complexity index is 224. The van der Waals surface area contributed by atoms with Crippen molar-refractivity contribution in [3.63, 3.8) is 0 Å². The lowest BCUT2D eigenvalue weighted by Crippen LogP contribution is -2.06. The molecule has 0 heterocycles. The maximum absolute atomic E-state index is 10.3. The largest absolute Gasteiger partial charge is 0.286 e. The molecule has 13 heavy (non-hydrogen) atoms. The van der Waals surface area contributed by atoms with E-state index in [1.54, 1.807) is 0 Å². The summed E-state index contributed by atoms with van der Waals surface area (Å²) < 4.78 is 29.1. The van der Waals surface area contributed by atoms with Gasteiger partial charge in [-0.05, 0) is 18.3 Å². The third-order valence-corrected chi connectivity index (χ3v) is 2.63. The molecule has 0 amide bonds. The summed E-state index contributed by atoms with van der Waals surface area (Å²) in [5.74, 6) is -0.100. The molecular formula is C9H20O3S. The first-order valence-corrected chi connectivity index (χ1v) is 6.27. The molecule has 0 aliphatic carbocycles. The third kappa shape index (κ3) is 11.9. The highest BCUT2D eigenvalue weighted by atomic mass is 32.2. The van der Waals surface area contributed by atoms with Gasteiger partial charge in [-0.1, -0.05) is 33.6 Å². The van der Waals surface area contributed by atoms with Crippen molar-refractivity contribution in [2.45, 2.75) is 46.5 Å². The zero-order chi connectivity index (χ0) is 10.5. The number of unbranched alkanes of at least 4 members (excludes halogenated alkanes) is 2. The first-order chi connectivity index (χ1) is 5.71. The molecule has 0 bridgehead atoms. The summed E-state index contributed by atoms with van der Waals surface area (Å²) in [5, 5.41) is 0. The van der Waals surface area contributed by atoms with Crippen molar-refractivity contribution in [2.75, 3.05) is 5.75 Å². The summed E-state index contributed by atoms with van der Waals surface area (Å²) in [6.07, 6.45) is 3.56. The SMILES string of the molecule is CC(C)(C)CCCCCS(=O)(=O)O. The van der Waals surface area contributed by atoms with E-state index in [0.717, 1.165) is 19.3 Å². The zero-order valence-electron chi connectivity index (χ0n) is 8.71. The van der Waals surface area contributed by atoms with Crippen molar-refractivity contribution in [1.29, 1.82) is 0 Å². The molecule has 1 N–H and O–H groups in total. The maximum Gasteiger partial charge on any atom is 0.264 e. The van der Waals surface area contributed by atoms with Crippen LogP contribution in [0.1, 0.15) is 46.5 Å². The molecule has 0 unspecified atom stereocenters. The second-order valence-corrected chi connectivity index (χ2v) is 6.23. The summed E-state index contributed by atoms with van der Waals surface area (Å²) >= 11 is 0. The van der Waals surface area contributed by atoms with Crippen molar-refractivity contribution < 1.29 is 13.0 Å². The Balaban J connectivity index is 3.39. The molecule has 0 aliphatic heterocycles. The van der Waals surface area contributed by atoms with Crippen LogP contribution in [0, 0.1) is 5.41 Å².